The number of pyridine rings is 1. The van der Waals surface area contributed by atoms with E-state index in [1.807, 2.05) is 56.6 Å². The summed E-state index contributed by atoms with van der Waals surface area (Å²) in [5, 5.41) is 9.86. The topological polar surface area (TPSA) is 92.2 Å². The fourth-order valence-corrected chi connectivity index (χ4v) is 6.41. The van der Waals surface area contributed by atoms with Gasteiger partial charge in [0, 0.05) is 44.0 Å². The maximum absolute atomic E-state index is 13.7. The molecule has 1 N–H and O–H groups in total. The zero-order valence-electron chi connectivity index (χ0n) is 21.7. The third-order valence-electron chi connectivity index (χ3n) is 6.76. The number of aromatic nitrogens is 1. The van der Waals surface area contributed by atoms with Crippen LogP contribution >= 0.6 is 0 Å². The minimum absolute atomic E-state index is 0.108. The van der Waals surface area contributed by atoms with Gasteiger partial charge in [-0.1, -0.05) is 31.2 Å². The highest BCUT2D eigenvalue weighted by molar-refractivity contribution is 7.89. The monoisotopic (exact) mass is 525 g/mol. The molecule has 1 aliphatic heterocycles. The van der Waals surface area contributed by atoms with E-state index in [4.69, 9.17) is 9.47 Å². The molecule has 4 rings (SSSR count). The third kappa shape index (κ3) is 6.13. The van der Waals surface area contributed by atoms with Crippen molar-refractivity contribution in [1.82, 2.24) is 14.2 Å². The van der Waals surface area contributed by atoms with Crippen LogP contribution in [0.3, 0.4) is 0 Å². The Morgan fingerprint density at radius 1 is 1.19 bits per heavy atom. The van der Waals surface area contributed by atoms with Gasteiger partial charge in [0.2, 0.25) is 10.0 Å². The first kappa shape index (κ1) is 27.1. The van der Waals surface area contributed by atoms with Gasteiger partial charge in [0.25, 0.3) is 0 Å². The molecule has 0 bridgehead atoms. The molecule has 198 valence electrons. The third-order valence-corrected chi connectivity index (χ3v) is 8.78. The molecule has 8 nitrogen and oxygen atoms in total. The van der Waals surface area contributed by atoms with Crippen molar-refractivity contribution in [3.8, 4) is 22.6 Å². The predicted molar refractivity (Wildman–Crippen MR) is 143 cm³/mol. The summed E-state index contributed by atoms with van der Waals surface area (Å²) in [6.07, 6.45) is 3.31. The zero-order chi connectivity index (χ0) is 26.6. The van der Waals surface area contributed by atoms with Crippen molar-refractivity contribution in [2.75, 3.05) is 33.9 Å². The summed E-state index contributed by atoms with van der Waals surface area (Å²) >= 11 is 0. The number of sulfonamides is 1. The van der Waals surface area contributed by atoms with Crippen molar-refractivity contribution < 1.29 is 23.0 Å². The molecule has 9 heteroatoms. The fourth-order valence-electron chi connectivity index (χ4n) is 4.58. The zero-order valence-corrected chi connectivity index (χ0v) is 22.6. The van der Waals surface area contributed by atoms with E-state index in [0.29, 0.717) is 18.8 Å². The second-order valence-corrected chi connectivity index (χ2v) is 11.5. The Labute approximate surface area is 219 Å². The van der Waals surface area contributed by atoms with Gasteiger partial charge in [-0.25, -0.2) is 8.42 Å². The molecular formula is C28H35N3O5S. The first-order valence-corrected chi connectivity index (χ1v) is 13.8. The van der Waals surface area contributed by atoms with Gasteiger partial charge in [0.05, 0.1) is 13.7 Å². The summed E-state index contributed by atoms with van der Waals surface area (Å²) in [5.41, 5.74) is 2.85. The minimum atomic E-state index is -3.89. The molecule has 0 unspecified atom stereocenters. The van der Waals surface area contributed by atoms with Gasteiger partial charge < -0.3 is 14.6 Å². The van der Waals surface area contributed by atoms with Crippen LogP contribution in [-0.4, -0.2) is 73.7 Å². The normalized spacial score (nSPS) is 20.4. The van der Waals surface area contributed by atoms with Gasteiger partial charge in [-0.3, -0.25) is 9.88 Å². The number of hydrogen-bond acceptors (Lipinski definition) is 7. The van der Waals surface area contributed by atoms with Gasteiger partial charge in [-0.2, -0.15) is 4.31 Å². The molecule has 0 amide bonds. The molecule has 3 atom stereocenters. The number of benzene rings is 2. The summed E-state index contributed by atoms with van der Waals surface area (Å²) in [4.78, 5) is 6.46. The maximum Gasteiger partial charge on any atom is 0.247 e. The van der Waals surface area contributed by atoms with Gasteiger partial charge >= 0.3 is 0 Å². The van der Waals surface area contributed by atoms with Gasteiger partial charge in [0.15, 0.2) is 0 Å². The smallest absolute Gasteiger partial charge is 0.247 e. The Morgan fingerprint density at radius 3 is 2.57 bits per heavy atom. The second kappa shape index (κ2) is 11.6. The highest BCUT2D eigenvalue weighted by atomic mass is 32.2. The summed E-state index contributed by atoms with van der Waals surface area (Å²) in [5.74, 6) is 0.931. The molecule has 0 aliphatic carbocycles. The van der Waals surface area contributed by atoms with Crippen LogP contribution in [-0.2, 0) is 16.6 Å². The summed E-state index contributed by atoms with van der Waals surface area (Å²) in [7, 11) is -0.259. The van der Waals surface area contributed by atoms with Crippen LogP contribution in [0.2, 0.25) is 0 Å². The average Bonchev–Trinajstić information content (AvgIpc) is 2.90. The van der Waals surface area contributed by atoms with Crippen molar-refractivity contribution in [3.05, 3.63) is 72.6 Å². The molecule has 2 heterocycles. The molecule has 0 spiro atoms. The molecular weight excluding hydrogens is 490 g/mol. The van der Waals surface area contributed by atoms with Crippen molar-refractivity contribution >= 4 is 10.0 Å². The number of aliphatic hydroxyl groups excluding tert-OH is 1. The van der Waals surface area contributed by atoms with Crippen LogP contribution in [0.4, 0.5) is 0 Å². The number of hydrogen-bond donors (Lipinski definition) is 1. The Balaban J connectivity index is 1.71. The highest BCUT2D eigenvalue weighted by Gasteiger charge is 2.38. The Hall–Kier alpha value is -2.98. The SMILES string of the molecule is COc1ccc(-c2ccc3c(c2)O[C@@H](CN(C)Cc2cccnc2)[C@@H](C)CN([C@@H](C)CO)S3(=O)=O)cc1. The van der Waals surface area contributed by atoms with Crippen LogP contribution in [0.15, 0.2) is 71.9 Å². The number of nitrogens with zero attached hydrogens (tertiary/aromatic N) is 3. The van der Waals surface area contributed by atoms with Crippen molar-refractivity contribution in [2.45, 2.75) is 37.4 Å². The minimum Gasteiger partial charge on any atom is -0.497 e. The van der Waals surface area contributed by atoms with E-state index in [0.717, 1.165) is 22.4 Å². The lowest BCUT2D eigenvalue weighted by Crippen LogP contribution is -2.49. The standard InChI is InChI=1S/C28H35N3O5S/c1-20-16-31(21(2)19-32)37(33,34)28-12-9-24(23-7-10-25(35-4)11-8-23)14-26(28)36-27(20)18-30(3)17-22-6-5-13-29-15-22/h5-15,20-21,27,32H,16-19H2,1-4H3/t20-,21-,27-/m0/s1. The first-order valence-electron chi connectivity index (χ1n) is 12.4. The number of likely N-dealkylation sites (N-methyl/N-ethyl adjacent to an activating group) is 1. The van der Waals surface area contributed by atoms with E-state index in [1.165, 1.54) is 4.31 Å². The largest absolute Gasteiger partial charge is 0.497 e. The van der Waals surface area contributed by atoms with Gasteiger partial charge in [0.1, 0.15) is 22.5 Å². The molecule has 1 aliphatic rings. The lowest BCUT2D eigenvalue weighted by Gasteiger charge is -2.37. The summed E-state index contributed by atoms with van der Waals surface area (Å²) < 4.78 is 40.6. The predicted octanol–water partition coefficient (Wildman–Crippen LogP) is 3.66. The van der Waals surface area contributed by atoms with E-state index >= 15 is 0 Å². The molecule has 1 aromatic heterocycles. The van der Waals surface area contributed by atoms with Crippen molar-refractivity contribution in [1.29, 1.82) is 0 Å². The molecule has 0 saturated carbocycles. The summed E-state index contributed by atoms with van der Waals surface area (Å²) in [6.45, 7) is 4.97. The van der Waals surface area contributed by atoms with Crippen LogP contribution in [0.5, 0.6) is 11.5 Å². The van der Waals surface area contributed by atoms with Gasteiger partial charge in [-0.15, -0.1) is 0 Å². The maximum atomic E-state index is 13.7. The number of fused-ring (bicyclic) bond motifs is 1. The number of rotatable bonds is 8. The Morgan fingerprint density at radius 2 is 1.92 bits per heavy atom. The van der Waals surface area contributed by atoms with E-state index < -0.39 is 16.1 Å². The van der Waals surface area contributed by atoms with E-state index in [-0.39, 0.29) is 30.1 Å². The lowest BCUT2D eigenvalue weighted by molar-refractivity contribution is 0.0734. The lowest BCUT2D eigenvalue weighted by atomic mass is 10.0. The molecule has 37 heavy (non-hydrogen) atoms. The first-order chi connectivity index (χ1) is 17.7. The molecule has 0 saturated heterocycles. The Bertz CT molecular complexity index is 1280. The Kier molecular flexibility index (Phi) is 8.49. The second-order valence-electron chi connectivity index (χ2n) is 9.69. The fraction of sp³-hybridized carbons (Fsp3) is 0.393. The van der Waals surface area contributed by atoms with Crippen molar-refractivity contribution in [3.63, 3.8) is 0 Å². The molecule has 3 aromatic rings. The van der Waals surface area contributed by atoms with Crippen LogP contribution in [0, 0.1) is 5.92 Å². The average molecular weight is 526 g/mol. The highest BCUT2D eigenvalue weighted by Crippen LogP contribution is 2.37. The number of ether oxygens (including phenoxy) is 2. The van der Waals surface area contributed by atoms with E-state index in [1.54, 1.807) is 38.4 Å². The van der Waals surface area contributed by atoms with Gasteiger partial charge in [-0.05, 0) is 61.0 Å². The molecule has 2 aromatic carbocycles. The van der Waals surface area contributed by atoms with Crippen LogP contribution in [0.1, 0.15) is 19.4 Å². The summed E-state index contributed by atoms with van der Waals surface area (Å²) in [6, 6.07) is 16.2. The number of methoxy groups -OCH3 is 1. The van der Waals surface area contributed by atoms with E-state index in [2.05, 4.69) is 9.88 Å². The quantitative estimate of drug-likeness (QED) is 0.480. The molecule has 0 fully saturated rings. The van der Waals surface area contributed by atoms with E-state index in [9.17, 15) is 13.5 Å². The van der Waals surface area contributed by atoms with Crippen LogP contribution in [0.25, 0.3) is 11.1 Å². The van der Waals surface area contributed by atoms with Crippen LogP contribution < -0.4 is 9.47 Å². The number of aliphatic hydroxyl groups is 1. The van der Waals surface area contributed by atoms with Crippen molar-refractivity contribution in [2.24, 2.45) is 5.92 Å². The molecule has 0 radical (unpaired) electrons.